The summed E-state index contributed by atoms with van der Waals surface area (Å²) < 4.78 is 6.39. The van der Waals surface area contributed by atoms with Crippen LogP contribution in [-0.4, -0.2) is 35.2 Å². The molecule has 3 fully saturated rings. The lowest BCUT2D eigenvalue weighted by Crippen LogP contribution is -2.49. The first-order chi connectivity index (χ1) is 14.6. The van der Waals surface area contributed by atoms with Gasteiger partial charge in [-0.3, -0.25) is 9.69 Å². The fourth-order valence-electron chi connectivity index (χ4n) is 5.87. The molecule has 0 atom stereocenters. The van der Waals surface area contributed by atoms with E-state index in [2.05, 4.69) is 41.3 Å². The maximum Gasteiger partial charge on any atom is 0.309 e. The lowest BCUT2D eigenvalue weighted by Gasteiger charge is -2.42. The molecule has 2 aromatic rings. The molecule has 5 rings (SSSR count). The van der Waals surface area contributed by atoms with Gasteiger partial charge in [-0.15, -0.1) is 0 Å². The molecule has 4 nitrogen and oxygen atoms in total. The molecule has 2 saturated carbocycles. The van der Waals surface area contributed by atoms with Gasteiger partial charge in [0.05, 0.1) is 12.0 Å². The summed E-state index contributed by atoms with van der Waals surface area (Å²) >= 11 is 0. The lowest BCUT2D eigenvalue weighted by atomic mass is 9.65. The third-order valence-electron chi connectivity index (χ3n) is 7.80. The van der Waals surface area contributed by atoms with E-state index in [0.717, 1.165) is 12.3 Å². The van der Waals surface area contributed by atoms with E-state index >= 15 is 0 Å². The van der Waals surface area contributed by atoms with E-state index in [1.807, 2.05) is 0 Å². The second kappa shape index (κ2) is 8.22. The van der Waals surface area contributed by atoms with Crippen LogP contribution in [0.15, 0.2) is 36.4 Å². The largest absolute Gasteiger partial charge is 0.490 e. The van der Waals surface area contributed by atoms with Crippen LogP contribution in [0.1, 0.15) is 63.4 Å². The van der Waals surface area contributed by atoms with Crippen molar-refractivity contribution in [2.45, 2.75) is 70.4 Å². The van der Waals surface area contributed by atoms with Gasteiger partial charge in [0.2, 0.25) is 0 Å². The van der Waals surface area contributed by atoms with E-state index in [-0.39, 0.29) is 5.92 Å². The van der Waals surface area contributed by atoms with Gasteiger partial charge in [-0.1, -0.05) is 37.5 Å². The van der Waals surface area contributed by atoms with Gasteiger partial charge in [0.15, 0.2) is 0 Å². The second-order valence-electron chi connectivity index (χ2n) is 9.95. The van der Waals surface area contributed by atoms with E-state index in [9.17, 15) is 4.79 Å². The van der Waals surface area contributed by atoms with Gasteiger partial charge >= 0.3 is 5.97 Å². The molecule has 1 aliphatic heterocycles. The number of rotatable bonds is 5. The predicted octanol–water partition coefficient (Wildman–Crippen LogP) is 5.63. The number of aliphatic carboxylic acids is 1. The highest BCUT2D eigenvalue weighted by Gasteiger charge is 2.36. The Morgan fingerprint density at radius 2 is 1.67 bits per heavy atom. The molecule has 3 aliphatic rings. The summed E-state index contributed by atoms with van der Waals surface area (Å²) in [6, 6.07) is 13.0. The molecule has 0 unspecified atom stereocenters. The summed E-state index contributed by atoms with van der Waals surface area (Å²) in [5, 5.41) is 11.5. The number of hydrogen-bond acceptors (Lipinski definition) is 3. The Bertz CT molecular complexity index is 902. The highest BCUT2D eigenvalue weighted by molar-refractivity contribution is 5.84. The summed E-state index contributed by atoms with van der Waals surface area (Å²) in [5.74, 6) is 0.119. The number of ether oxygens (including phenoxy) is 1. The standard InChI is InChI=1S/C26H33NO3/c28-25(29)22-17-27(18-22)16-19-4-5-21-15-24(7-6-20(21)14-19)30-23-8-12-26(13-9-23)10-2-1-3-11-26/h4-7,14-15,22-23H,1-3,8-13,16-18H2,(H,28,29). The molecular weight excluding hydrogens is 374 g/mol. The number of carboxylic acid groups (broad SMARTS) is 1. The zero-order chi connectivity index (χ0) is 20.6. The molecule has 1 saturated heterocycles. The number of likely N-dealkylation sites (tertiary alicyclic amines) is 1. The fraction of sp³-hybridized carbons (Fsp3) is 0.577. The van der Waals surface area contributed by atoms with E-state index in [1.165, 1.54) is 74.1 Å². The molecule has 1 heterocycles. The van der Waals surface area contributed by atoms with Gasteiger partial charge in [0.25, 0.3) is 0 Å². The smallest absolute Gasteiger partial charge is 0.309 e. The number of hydrogen-bond donors (Lipinski definition) is 1. The van der Waals surface area contributed by atoms with Gasteiger partial charge in [0.1, 0.15) is 5.75 Å². The minimum Gasteiger partial charge on any atom is -0.490 e. The monoisotopic (exact) mass is 407 g/mol. The molecule has 0 amide bonds. The summed E-state index contributed by atoms with van der Waals surface area (Å²) in [7, 11) is 0. The van der Waals surface area contributed by atoms with Crippen LogP contribution < -0.4 is 4.74 Å². The van der Waals surface area contributed by atoms with Crippen molar-refractivity contribution >= 4 is 16.7 Å². The van der Waals surface area contributed by atoms with Crippen molar-refractivity contribution in [3.63, 3.8) is 0 Å². The Morgan fingerprint density at radius 1 is 0.967 bits per heavy atom. The van der Waals surface area contributed by atoms with Crippen molar-refractivity contribution in [2.24, 2.45) is 11.3 Å². The highest BCUT2D eigenvalue weighted by atomic mass is 16.5. The Balaban J connectivity index is 1.18. The summed E-state index contributed by atoms with van der Waals surface area (Å²) in [6.45, 7) is 2.13. The SMILES string of the molecule is O=C(O)C1CN(Cc2ccc3cc(OC4CCC5(CCCCC5)CC4)ccc3c2)C1. The number of carbonyl (C=O) groups is 1. The van der Waals surface area contributed by atoms with Crippen LogP contribution in [0.4, 0.5) is 0 Å². The van der Waals surface area contributed by atoms with Crippen molar-refractivity contribution in [1.82, 2.24) is 4.90 Å². The van der Waals surface area contributed by atoms with Crippen molar-refractivity contribution in [2.75, 3.05) is 13.1 Å². The van der Waals surface area contributed by atoms with E-state index in [0.29, 0.717) is 24.6 Å². The van der Waals surface area contributed by atoms with Crippen LogP contribution in [-0.2, 0) is 11.3 Å². The van der Waals surface area contributed by atoms with Gasteiger partial charge in [-0.2, -0.15) is 0 Å². The highest BCUT2D eigenvalue weighted by Crippen LogP contribution is 2.48. The molecular formula is C26H33NO3. The van der Waals surface area contributed by atoms with Gasteiger partial charge in [0, 0.05) is 19.6 Å². The van der Waals surface area contributed by atoms with E-state index < -0.39 is 5.97 Å². The third kappa shape index (κ3) is 4.20. The van der Waals surface area contributed by atoms with Crippen LogP contribution >= 0.6 is 0 Å². The van der Waals surface area contributed by atoms with Crippen LogP contribution in [0.3, 0.4) is 0 Å². The third-order valence-corrected chi connectivity index (χ3v) is 7.80. The van der Waals surface area contributed by atoms with Crippen LogP contribution in [0, 0.1) is 11.3 Å². The Morgan fingerprint density at radius 3 is 2.40 bits per heavy atom. The first-order valence-corrected chi connectivity index (χ1v) is 11.7. The van der Waals surface area contributed by atoms with Crippen molar-refractivity contribution in [3.8, 4) is 5.75 Å². The number of fused-ring (bicyclic) bond motifs is 1. The molecule has 1 spiro atoms. The van der Waals surface area contributed by atoms with Gasteiger partial charge < -0.3 is 9.84 Å². The summed E-state index contributed by atoms with van der Waals surface area (Å²) in [5.41, 5.74) is 1.88. The molecule has 4 heteroatoms. The maximum atomic E-state index is 11.0. The lowest BCUT2D eigenvalue weighted by molar-refractivity contribution is -0.147. The predicted molar refractivity (Wildman–Crippen MR) is 119 cm³/mol. The Labute approximate surface area is 179 Å². The number of carboxylic acids is 1. The molecule has 2 aromatic carbocycles. The number of benzene rings is 2. The van der Waals surface area contributed by atoms with Crippen LogP contribution in [0.2, 0.25) is 0 Å². The average Bonchev–Trinajstić information content (AvgIpc) is 2.72. The minimum atomic E-state index is -0.677. The molecule has 0 radical (unpaired) electrons. The molecule has 0 aromatic heterocycles. The molecule has 1 N–H and O–H groups in total. The van der Waals surface area contributed by atoms with Gasteiger partial charge in [-0.25, -0.2) is 0 Å². The Kier molecular flexibility index (Phi) is 5.44. The van der Waals surface area contributed by atoms with Crippen LogP contribution in [0.5, 0.6) is 5.75 Å². The maximum absolute atomic E-state index is 11.0. The van der Waals surface area contributed by atoms with Crippen molar-refractivity contribution < 1.29 is 14.6 Å². The zero-order valence-corrected chi connectivity index (χ0v) is 17.8. The van der Waals surface area contributed by atoms with Crippen LogP contribution in [0.25, 0.3) is 10.8 Å². The average molecular weight is 408 g/mol. The molecule has 30 heavy (non-hydrogen) atoms. The minimum absolute atomic E-state index is 0.196. The Hall–Kier alpha value is -2.07. The normalized spacial score (nSPS) is 22.8. The van der Waals surface area contributed by atoms with E-state index in [1.54, 1.807) is 0 Å². The molecule has 2 aliphatic carbocycles. The quantitative estimate of drug-likeness (QED) is 0.698. The molecule has 160 valence electrons. The second-order valence-corrected chi connectivity index (χ2v) is 9.95. The molecule has 0 bridgehead atoms. The first-order valence-electron chi connectivity index (χ1n) is 11.7. The zero-order valence-electron chi connectivity index (χ0n) is 17.8. The van der Waals surface area contributed by atoms with Crippen molar-refractivity contribution in [3.05, 3.63) is 42.0 Å². The van der Waals surface area contributed by atoms with Crippen molar-refractivity contribution in [1.29, 1.82) is 0 Å². The van der Waals surface area contributed by atoms with Gasteiger partial charge in [-0.05, 0) is 78.5 Å². The first kappa shape index (κ1) is 19.9. The van der Waals surface area contributed by atoms with E-state index in [4.69, 9.17) is 9.84 Å². The fourth-order valence-corrected chi connectivity index (χ4v) is 5.87. The topological polar surface area (TPSA) is 49.8 Å². The number of nitrogens with zero attached hydrogens (tertiary/aromatic N) is 1. The summed E-state index contributed by atoms with van der Waals surface area (Å²) in [6.07, 6.45) is 12.6. The summed E-state index contributed by atoms with van der Waals surface area (Å²) in [4.78, 5) is 13.2.